The number of aliphatic carboxylic acids is 1. The monoisotopic (exact) mass is 361 g/mol. The SMILES string of the molecule is CCO[P@@](C)(=S)SCC(=O)N[C@H](Cc1ccccc1)C(=O)O. The lowest BCUT2D eigenvalue weighted by Crippen LogP contribution is -2.43. The first-order valence-corrected chi connectivity index (χ1v) is 11.5. The van der Waals surface area contributed by atoms with Gasteiger partial charge in [0.25, 0.3) is 0 Å². The Balaban J connectivity index is 2.55. The van der Waals surface area contributed by atoms with Gasteiger partial charge in [-0.3, -0.25) is 4.79 Å². The first-order valence-electron chi connectivity index (χ1n) is 6.76. The Bertz CT molecular complexity index is 553. The van der Waals surface area contributed by atoms with Crippen LogP contribution in [0, 0.1) is 0 Å². The highest BCUT2D eigenvalue weighted by Gasteiger charge is 2.21. The zero-order valence-corrected chi connectivity index (χ0v) is 15.0. The van der Waals surface area contributed by atoms with Gasteiger partial charge in [0.2, 0.25) is 5.91 Å². The molecule has 8 heteroatoms. The van der Waals surface area contributed by atoms with Crippen molar-refractivity contribution in [3.05, 3.63) is 35.9 Å². The van der Waals surface area contributed by atoms with Crippen LogP contribution in [0.3, 0.4) is 0 Å². The summed E-state index contributed by atoms with van der Waals surface area (Å²) < 4.78 is 5.42. The molecule has 0 saturated carbocycles. The highest BCUT2D eigenvalue weighted by Crippen LogP contribution is 2.56. The largest absolute Gasteiger partial charge is 0.480 e. The van der Waals surface area contributed by atoms with Crippen LogP contribution in [0.5, 0.6) is 0 Å². The Morgan fingerprint density at radius 3 is 2.59 bits per heavy atom. The molecule has 0 heterocycles. The van der Waals surface area contributed by atoms with E-state index in [4.69, 9.17) is 16.3 Å². The second-order valence-corrected chi connectivity index (χ2v) is 12.6. The van der Waals surface area contributed by atoms with E-state index in [2.05, 4.69) is 5.32 Å². The van der Waals surface area contributed by atoms with Crippen molar-refractivity contribution in [2.45, 2.75) is 19.4 Å². The molecule has 0 saturated heterocycles. The normalized spacial score (nSPS) is 14.8. The maximum absolute atomic E-state index is 11.9. The van der Waals surface area contributed by atoms with Crippen molar-refractivity contribution >= 4 is 40.5 Å². The quantitative estimate of drug-likeness (QED) is 0.658. The van der Waals surface area contributed by atoms with E-state index >= 15 is 0 Å². The van der Waals surface area contributed by atoms with Crippen molar-refractivity contribution < 1.29 is 19.2 Å². The number of rotatable bonds is 9. The minimum atomic E-state index is -2.04. The Morgan fingerprint density at radius 1 is 1.41 bits per heavy atom. The van der Waals surface area contributed by atoms with Crippen LogP contribution in [0.25, 0.3) is 0 Å². The van der Waals surface area contributed by atoms with Gasteiger partial charge in [0, 0.05) is 13.0 Å². The zero-order chi connectivity index (χ0) is 16.6. The molecule has 0 radical (unpaired) electrons. The lowest BCUT2D eigenvalue weighted by Gasteiger charge is -2.17. The third-order valence-corrected chi connectivity index (χ3v) is 7.67. The summed E-state index contributed by atoms with van der Waals surface area (Å²) in [5.41, 5.74) is -1.18. The van der Waals surface area contributed by atoms with Crippen molar-refractivity contribution in [2.24, 2.45) is 0 Å². The second-order valence-electron chi connectivity index (χ2n) is 4.61. The fourth-order valence-electron chi connectivity index (χ4n) is 1.73. The highest BCUT2D eigenvalue weighted by atomic mass is 32.9. The molecule has 1 amide bonds. The molecule has 0 aromatic heterocycles. The molecule has 2 atom stereocenters. The molecule has 0 spiro atoms. The van der Waals surface area contributed by atoms with Crippen molar-refractivity contribution in [1.29, 1.82) is 0 Å². The molecule has 5 nitrogen and oxygen atoms in total. The van der Waals surface area contributed by atoms with Crippen molar-refractivity contribution in [3.8, 4) is 0 Å². The average Bonchev–Trinajstić information content (AvgIpc) is 2.45. The Morgan fingerprint density at radius 2 is 2.05 bits per heavy atom. The Kier molecular flexibility index (Phi) is 8.10. The van der Waals surface area contributed by atoms with Gasteiger partial charge in [0.15, 0.2) is 0 Å². The summed E-state index contributed by atoms with van der Waals surface area (Å²) in [6, 6.07) is 8.24. The molecule has 0 fully saturated rings. The number of carbonyl (C=O) groups is 2. The van der Waals surface area contributed by atoms with Gasteiger partial charge in [-0.1, -0.05) is 53.5 Å². The maximum atomic E-state index is 11.9. The summed E-state index contributed by atoms with van der Waals surface area (Å²) in [7, 11) is 0. The zero-order valence-electron chi connectivity index (χ0n) is 12.5. The van der Waals surface area contributed by atoms with Crippen LogP contribution >= 0.6 is 16.8 Å². The number of amides is 1. The van der Waals surface area contributed by atoms with E-state index in [9.17, 15) is 14.7 Å². The average molecular weight is 361 g/mol. The van der Waals surface area contributed by atoms with Gasteiger partial charge in [0.05, 0.1) is 5.75 Å². The van der Waals surface area contributed by atoms with E-state index in [1.54, 1.807) is 0 Å². The van der Waals surface area contributed by atoms with E-state index in [-0.39, 0.29) is 18.1 Å². The maximum Gasteiger partial charge on any atom is 0.326 e. The van der Waals surface area contributed by atoms with Crippen LogP contribution in [0.4, 0.5) is 0 Å². The van der Waals surface area contributed by atoms with Crippen LogP contribution in [-0.2, 0) is 32.3 Å². The van der Waals surface area contributed by atoms with Crippen molar-refractivity contribution in [1.82, 2.24) is 5.32 Å². The van der Waals surface area contributed by atoms with Gasteiger partial charge < -0.3 is 14.9 Å². The summed E-state index contributed by atoms with van der Waals surface area (Å²) >= 11 is 6.56. The van der Waals surface area contributed by atoms with Gasteiger partial charge >= 0.3 is 5.97 Å². The molecule has 0 unspecified atom stereocenters. The predicted molar refractivity (Wildman–Crippen MR) is 94.0 cm³/mol. The summed E-state index contributed by atoms with van der Waals surface area (Å²) in [5.74, 6) is -1.29. The van der Waals surface area contributed by atoms with E-state index < -0.39 is 17.5 Å². The van der Waals surface area contributed by atoms with Crippen LogP contribution in [0.1, 0.15) is 12.5 Å². The fraction of sp³-hybridized carbons (Fsp3) is 0.429. The third kappa shape index (κ3) is 7.40. The molecule has 22 heavy (non-hydrogen) atoms. The summed E-state index contributed by atoms with van der Waals surface area (Å²) in [6.07, 6.45) is 0.248. The number of nitrogens with one attached hydrogen (secondary N) is 1. The lowest BCUT2D eigenvalue weighted by molar-refractivity contribution is -0.141. The number of carboxylic acids is 1. The van der Waals surface area contributed by atoms with Crippen LogP contribution < -0.4 is 5.32 Å². The number of carbonyl (C=O) groups excluding carboxylic acids is 1. The van der Waals surface area contributed by atoms with Crippen LogP contribution in [0.15, 0.2) is 30.3 Å². The molecular formula is C14H20NO4PS2. The smallest absolute Gasteiger partial charge is 0.326 e. The number of hydrogen-bond donors (Lipinski definition) is 2. The van der Waals surface area contributed by atoms with Crippen molar-refractivity contribution in [3.63, 3.8) is 0 Å². The number of benzene rings is 1. The standard InChI is InChI=1S/C14H20NO4PS2/c1-3-19-20(2,21)22-10-13(16)15-12(14(17)18)9-11-7-5-4-6-8-11/h4-8,12H,3,9-10H2,1-2H3,(H,15,16)(H,17,18)/t12-,20+/m1/s1. The molecule has 0 aliphatic heterocycles. The molecule has 0 aliphatic carbocycles. The number of hydrogen-bond acceptors (Lipinski definition) is 5. The molecule has 0 bridgehead atoms. The predicted octanol–water partition coefficient (Wildman–Crippen LogP) is 2.51. The van der Waals surface area contributed by atoms with Crippen LogP contribution in [-0.4, -0.2) is 42.0 Å². The molecule has 0 aliphatic rings. The van der Waals surface area contributed by atoms with Gasteiger partial charge in [-0.15, -0.1) is 0 Å². The van der Waals surface area contributed by atoms with E-state index in [0.29, 0.717) is 6.61 Å². The van der Waals surface area contributed by atoms with E-state index in [1.807, 2.05) is 43.9 Å². The van der Waals surface area contributed by atoms with E-state index in [0.717, 1.165) is 5.56 Å². The van der Waals surface area contributed by atoms with Gasteiger partial charge in [-0.2, -0.15) is 0 Å². The Labute approximate surface area is 139 Å². The molecule has 2 N–H and O–H groups in total. The third-order valence-electron chi connectivity index (χ3n) is 2.71. The fourth-order valence-corrected chi connectivity index (χ4v) is 5.10. The lowest BCUT2D eigenvalue weighted by atomic mass is 10.1. The topological polar surface area (TPSA) is 75.6 Å². The molecule has 1 aromatic carbocycles. The van der Waals surface area contributed by atoms with Gasteiger partial charge in [0.1, 0.15) is 11.5 Å². The van der Waals surface area contributed by atoms with Gasteiger partial charge in [-0.05, 0) is 19.2 Å². The van der Waals surface area contributed by atoms with Crippen LogP contribution in [0.2, 0.25) is 0 Å². The minimum Gasteiger partial charge on any atom is -0.480 e. The molecule has 1 rings (SSSR count). The highest BCUT2D eigenvalue weighted by molar-refractivity contribution is 8.69. The second kappa shape index (κ2) is 9.30. The van der Waals surface area contributed by atoms with Gasteiger partial charge in [-0.25, -0.2) is 4.79 Å². The Hall–Kier alpha value is -0.880. The molecule has 122 valence electrons. The molecular weight excluding hydrogens is 341 g/mol. The summed E-state index contributed by atoms with van der Waals surface area (Å²) in [4.78, 5) is 23.2. The first-order chi connectivity index (χ1) is 10.3. The summed E-state index contributed by atoms with van der Waals surface area (Å²) in [6.45, 7) is 4.17. The number of carboxylic acid groups (broad SMARTS) is 1. The molecule has 1 aromatic rings. The van der Waals surface area contributed by atoms with Crippen molar-refractivity contribution in [2.75, 3.05) is 19.0 Å². The minimum absolute atomic E-state index is 0.104. The summed E-state index contributed by atoms with van der Waals surface area (Å²) in [5, 5.41) is 11.8. The first kappa shape index (κ1) is 19.2. The van der Waals surface area contributed by atoms with E-state index in [1.165, 1.54) is 11.4 Å².